The fraction of sp³-hybridized carbons (Fsp3) is 0.391. The lowest BCUT2D eigenvalue weighted by molar-refractivity contribution is -0.129. The summed E-state index contributed by atoms with van der Waals surface area (Å²) >= 11 is 0. The molecule has 0 N–H and O–H groups in total. The molecular weight excluding hydrogens is 390 g/mol. The Kier molecular flexibility index (Phi) is 5.63. The number of carbonyl (C=O) groups excluding carboxylic acids is 1. The van der Waals surface area contributed by atoms with E-state index in [1.165, 1.54) is 11.1 Å². The Bertz CT molecular complexity index is 1110. The molecule has 0 bridgehead atoms. The van der Waals surface area contributed by atoms with Crippen molar-refractivity contribution < 1.29 is 4.79 Å². The SMILES string of the molecule is Cc1ccccc1-n1nc(C)c(CN(C)c2cc(N3CCN(C)C(=O)C3)ncn2)c1C. The highest BCUT2D eigenvalue weighted by Gasteiger charge is 2.23. The third-order valence-corrected chi connectivity index (χ3v) is 5.99. The molecule has 1 aliphatic heterocycles. The summed E-state index contributed by atoms with van der Waals surface area (Å²) in [5.74, 6) is 1.70. The fourth-order valence-electron chi connectivity index (χ4n) is 3.93. The smallest absolute Gasteiger partial charge is 0.241 e. The van der Waals surface area contributed by atoms with Gasteiger partial charge in [-0.05, 0) is 32.4 Å². The quantitative estimate of drug-likeness (QED) is 0.633. The van der Waals surface area contributed by atoms with Gasteiger partial charge in [0.25, 0.3) is 0 Å². The number of carbonyl (C=O) groups is 1. The number of para-hydroxylation sites is 1. The largest absolute Gasteiger partial charge is 0.355 e. The van der Waals surface area contributed by atoms with Gasteiger partial charge in [-0.3, -0.25) is 4.79 Å². The lowest BCUT2D eigenvalue weighted by Gasteiger charge is -2.33. The number of anilines is 2. The molecule has 31 heavy (non-hydrogen) atoms. The first-order valence-electron chi connectivity index (χ1n) is 10.5. The zero-order valence-corrected chi connectivity index (χ0v) is 18.8. The molecule has 1 aromatic carbocycles. The second-order valence-electron chi connectivity index (χ2n) is 8.17. The number of amides is 1. The van der Waals surface area contributed by atoms with Crippen LogP contribution in [0, 0.1) is 20.8 Å². The topological polar surface area (TPSA) is 70.4 Å². The Morgan fingerprint density at radius 2 is 1.87 bits per heavy atom. The number of hydrogen-bond donors (Lipinski definition) is 0. The van der Waals surface area contributed by atoms with E-state index in [2.05, 4.69) is 40.8 Å². The molecular formula is C23H29N7O. The molecule has 0 unspecified atom stereocenters. The van der Waals surface area contributed by atoms with Crippen LogP contribution in [0.1, 0.15) is 22.5 Å². The molecule has 1 fully saturated rings. The van der Waals surface area contributed by atoms with Gasteiger partial charge in [-0.25, -0.2) is 14.6 Å². The van der Waals surface area contributed by atoms with Gasteiger partial charge >= 0.3 is 0 Å². The van der Waals surface area contributed by atoms with Crippen LogP contribution in [0.4, 0.5) is 11.6 Å². The van der Waals surface area contributed by atoms with Crippen molar-refractivity contribution in [3.8, 4) is 5.69 Å². The van der Waals surface area contributed by atoms with E-state index in [0.29, 0.717) is 19.6 Å². The highest BCUT2D eigenvalue weighted by molar-refractivity contribution is 5.82. The second kappa shape index (κ2) is 8.37. The van der Waals surface area contributed by atoms with Gasteiger partial charge in [0.05, 0.1) is 17.9 Å². The Hall–Kier alpha value is -3.42. The third-order valence-electron chi connectivity index (χ3n) is 5.99. The second-order valence-corrected chi connectivity index (χ2v) is 8.17. The first kappa shape index (κ1) is 20.8. The lowest BCUT2D eigenvalue weighted by Crippen LogP contribution is -2.48. The predicted octanol–water partition coefficient (Wildman–Crippen LogP) is 2.50. The van der Waals surface area contributed by atoms with Crippen LogP contribution < -0.4 is 9.80 Å². The van der Waals surface area contributed by atoms with Crippen molar-refractivity contribution >= 4 is 17.5 Å². The summed E-state index contributed by atoms with van der Waals surface area (Å²) in [6, 6.07) is 10.2. The Morgan fingerprint density at radius 3 is 2.61 bits per heavy atom. The van der Waals surface area contributed by atoms with Gasteiger partial charge in [-0.1, -0.05) is 18.2 Å². The average molecular weight is 420 g/mol. The number of likely N-dealkylation sites (N-methyl/N-ethyl adjacent to an activating group) is 1. The number of rotatable bonds is 5. The van der Waals surface area contributed by atoms with E-state index < -0.39 is 0 Å². The zero-order valence-electron chi connectivity index (χ0n) is 18.8. The van der Waals surface area contributed by atoms with Gasteiger partial charge < -0.3 is 14.7 Å². The van der Waals surface area contributed by atoms with Crippen molar-refractivity contribution in [3.63, 3.8) is 0 Å². The third kappa shape index (κ3) is 4.10. The van der Waals surface area contributed by atoms with Crippen molar-refractivity contribution in [2.24, 2.45) is 0 Å². The Morgan fingerprint density at radius 1 is 1.10 bits per heavy atom. The number of aromatic nitrogens is 4. The van der Waals surface area contributed by atoms with Gasteiger partial charge in [0, 0.05) is 51.1 Å². The summed E-state index contributed by atoms with van der Waals surface area (Å²) < 4.78 is 2.02. The lowest BCUT2D eigenvalue weighted by atomic mass is 10.1. The maximum absolute atomic E-state index is 12.1. The molecule has 0 atom stereocenters. The van der Waals surface area contributed by atoms with E-state index in [9.17, 15) is 4.79 Å². The number of piperazine rings is 1. The maximum Gasteiger partial charge on any atom is 0.241 e. The molecule has 0 aliphatic carbocycles. The molecule has 1 aliphatic rings. The minimum Gasteiger partial charge on any atom is -0.355 e. The summed E-state index contributed by atoms with van der Waals surface area (Å²) in [6.45, 7) is 8.75. The summed E-state index contributed by atoms with van der Waals surface area (Å²) in [7, 11) is 3.85. The molecule has 3 aromatic rings. The molecule has 0 spiro atoms. The Balaban J connectivity index is 1.56. The molecule has 8 heteroatoms. The predicted molar refractivity (Wildman–Crippen MR) is 122 cm³/mol. The summed E-state index contributed by atoms with van der Waals surface area (Å²) in [5.41, 5.74) is 5.60. The first-order valence-corrected chi connectivity index (χ1v) is 10.5. The molecule has 0 saturated carbocycles. The van der Waals surface area contributed by atoms with Crippen molar-refractivity contribution in [2.45, 2.75) is 27.3 Å². The van der Waals surface area contributed by atoms with Crippen LogP contribution >= 0.6 is 0 Å². The molecule has 8 nitrogen and oxygen atoms in total. The van der Waals surface area contributed by atoms with Crippen molar-refractivity contribution in [1.29, 1.82) is 0 Å². The summed E-state index contributed by atoms with van der Waals surface area (Å²) in [5, 5.41) is 4.80. The van der Waals surface area contributed by atoms with Crippen molar-refractivity contribution in [2.75, 3.05) is 43.5 Å². The van der Waals surface area contributed by atoms with Gasteiger partial charge in [0.2, 0.25) is 5.91 Å². The number of aryl methyl sites for hydroxylation is 2. The zero-order chi connectivity index (χ0) is 22.1. The molecule has 1 saturated heterocycles. The van der Waals surface area contributed by atoms with Crippen molar-refractivity contribution in [1.82, 2.24) is 24.6 Å². The summed E-state index contributed by atoms with van der Waals surface area (Å²) in [6.07, 6.45) is 1.57. The highest BCUT2D eigenvalue weighted by Crippen LogP contribution is 2.24. The standard InChI is InChI=1S/C23H29N7O/c1-16-8-6-7-9-20(16)30-18(3)19(17(2)26-30)13-28(5)21-12-22(25-15-24-21)29-11-10-27(4)23(31)14-29/h6-9,12,15H,10-11,13-14H2,1-5H3. The van der Waals surface area contributed by atoms with Crippen LogP contribution in [0.15, 0.2) is 36.7 Å². The van der Waals surface area contributed by atoms with Crippen molar-refractivity contribution in [3.05, 3.63) is 59.2 Å². The number of hydrogen-bond acceptors (Lipinski definition) is 6. The van der Waals surface area contributed by atoms with E-state index >= 15 is 0 Å². The van der Waals surface area contributed by atoms with Gasteiger partial charge in [0.1, 0.15) is 18.0 Å². The minimum absolute atomic E-state index is 0.106. The Labute approximate surface area is 183 Å². The normalized spacial score (nSPS) is 14.3. The highest BCUT2D eigenvalue weighted by atomic mass is 16.2. The molecule has 3 heterocycles. The molecule has 1 amide bonds. The van der Waals surface area contributed by atoms with Crippen LogP contribution in [-0.4, -0.2) is 64.3 Å². The van der Waals surface area contributed by atoms with Crippen LogP contribution in [0.3, 0.4) is 0 Å². The fourth-order valence-corrected chi connectivity index (χ4v) is 3.93. The maximum atomic E-state index is 12.1. The van der Waals surface area contributed by atoms with Gasteiger partial charge in [-0.2, -0.15) is 5.10 Å². The van der Waals surface area contributed by atoms with E-state index in [1.807, 2.05) is 48.8 Å². The number of benzene rings is 1. The first-order chi connectivity index (χ1) is 14.8. The van der Waals surface area contributed by atoms with Crippen LogP contribution in [0.5, 0.6) is 0 Å². The van der Waals surface area contributed by atoms with E-state index in [1.54, 1.807) is 11.2 Å². The monoisotopic (exact) mass is 419 g/mol. The van der Waals surface area contributed by atoms with Crippen LogP contribution in [-0.2, 0) is 11.3 Å². The molecule has 0 radical (unpaired) electrons. The number of nitrogens with zero attached hydrogens (tertiary/aromatic N) is 7. The van der Waals surface area contributed by atoms with Crippen LogP contribution in [0.25, 0.3) is 5.69 Å². The van der Waals surface area contributed by atoms with E-state index in [4.69, 9.17) is 5.10 Å². The summed E-state index contributed by atoms with van der Waals surface area (Å²) in [4.78, 5) is 26.8. The average Bonchev–Trinajstić information content (AvgIpc) is 3.04. The van der Waals surface area contributed by atoms with Crippen LogP contribution in [0.2, 0.25) is 0 Å². The van der Waals surface area contributed by atoms with E-state index in [0.717, 1.165) is 35.3 Å². The molecule has 2 aromatic heterocycles. The van der Waals surface area contributed by atoms with Gasteiger partial charge in [0.15, 0.2) is 0 Å². The van der Waals surface area contributed by atoms with Gasteiger partial charge in [-0.15, -0.1) is 0 Å². The minimum atomic E-state index is 0.106. The van der Waals surface area contributed by atoms with E-state index in [-0.39, 0.29) is 5.91 Å². The molecule has 4 rings (SSSR count). The molecule has 162 valence electrons.